The number of aromatic nitrogens is 1. The van der Waals surface area contributed by atoms with Gasteiger partial charge in [0.05, 0.1) is 27.9 Å². The van der Waals surface area contributed by atoms with Crippen LogP contribution in [-0.4, -0.2) is 34.5 Å². The number of nitrogens with zero attached hydrogens (tertiary/aromatic N) is 3. The Morgan fingerprint density at radius 3 is 2.72 bits per heavy atom. The van der Waals surface area contributed by atoms with Gasteiger partial charge in [-0.05, 0) is 43.3 Å². The zero-order valence-corrected chi connectivity index (χ0v) is 16.2. The number of thiazole rings is 1. The number of nitrogens with one attached hydrogen (secondary N) is 1. The number of rotatable bonds is 4. The standard InChI is InChI=1S/C21H16N4O3S/c1-12(10-22)28-21(27)13-6-8-14(9-7-13)25-11-16(26)18(19(25)23)20-24-15-4-2-3-5-17(15)29-20/h2-9,12,23,26H,11H2,1H3/t12-/m0/s1. The Hall–Kier alpha value is -3.70. The quantitative estimate of drug-likeness (QED) is 0.633. The molecule has 0 spiro atoms. The van der Waals surface area contributed by atoms with Crippen LogP contribution in [0.1, 0.15) is 22.3 Å². The van der Waals surface area contributed by atoms with Crippen LogP contribution in [0.5, 0.6) is 0 Å². The van der Waals surface area contributed by atoms with Crippen LogP contribution in [0.15, 0.2) is 54.3 Å². The minimum Gasteiger partial charge on any atom is -0.510 e. The van der Waals surface area contributed by atoms with Crippen molar-refractivity contribution in [3.05, 3.63) is 64.9 Å². The van der Waals surface area contributed by atoms with Crippen molar-refractivity contribution in [3.63, 3.8) is 0 Å². The molecule has 0 radical (unpaired) electrons. The monoisotopic (exact) mass is 404 g/mol. The predicted molar refractivity (Wildman–Crippen MR) is 111 cm³/mol. The van der Waals surface area contributed by atoms with Crippen LogP contribution < -0.4 is 4.90 Å². The number of amidine groups is 1. The van der Waals surface area contributed by atoms with Gasteiger partial charge in [-0.3, -0.25) is 5.41 Å². The van der Waals surface area contributed by atoms with Gasteiger partial charge in [0.2, 0.25) is 0 Å². The van der Waals surface area contributed by atoms with Gasteiger partial charge in [0.1, 0.15) is 22.7 Å². The van der Waals surface area contributed by atoms with Crippen molar-refractivity contribution in [2.24, 2.45) is 0 Å². The first-order valence-electron chi connectivity index (χ1n) is 8.83. The Labute approximate surface area is 170 Å². The van der Waals surface area contributed by atoms with Crippen molar-refractivity contribution in [2.75, 3.05) is 11.4 Å². The van der Waals surface area contributed by atoms with Gasteiger partial charge < -0.3 is 14.7 Å². The van der Waals surface area contributed by atoms with Crippen LogP contribution >= 0.6 is 11.3 Å². The van der Waals surface area contributed by atoms with E-state index in [1.807, 2.05) is 30.3 Å². The number of para-hydroxylation sites is 1. The first-order chi connectivity index (χ1) is 14.0. The smallest absolute Gasteiger partial charge is 0.339 e. The summed E-state index contributed by atoms with van der Waals surface area (Å²) in [7, 11) is 0. The van der Waals surface area contributed by atoms with Crippen molar-refractivity contribution in [2.45, 2.75) is 13.0 Å². The van der Waals surface area contributed by atoms with Gasteiger partial charge in [0, 0.05) is 5.69 Å². The predicted octanol–water partition coefficient (Wildman–Crippen LogP) is 4.13. The number of anilines is 1. The highest BCUT2D eigenvalue weighted by Gasteiger charge is 2.31. The van der Waals surface area contributed by atoms with Gasteiger partial charge in [-0.2, -0.15) is 5.26 Å². The second-order valence-corrected chi connectivity index (χ2v) is 7.50. The molecule has 7 nitrogen and oxygen atoms in total. The van der Waals surface area contributed by atoms with E-state index in [0.717, 1.165) is 10.2 Å². The van der Waals surface area contributed by atoms with Crippen LogP contribution in [0.25, 0.3) is 15.8 Å². The summed E-state index contributed by atoms with van der Waals surface area (Å²) in [6.07, 6.45) is -0.827. The third kappa shape index (κ3) is 3.44. The van der Waals surface area contributed by atoms with Gasteiger partial charge in [-0.25, -0.2) is 9.78 Å². The molecule has 1 aliphatic rings. The number of ether oxygens (including phenoxy) is 1. The molecule has 2 heterocycles. The molecule has 0 fully saturated rings. The minimum atomic E-state index is -0.827. The number of carbonyl (C=O) groups excluding carboxylic acids is 1. The lowest BCUT2D eigenvalue weighted by molar-refractivity contribution is 0.0435. The number of hydrogen-bond acceptors (Lipinski definition) is 7. The van der Waals surface area contributed by atoms with E-state index in [2.05, 4.69) is 4.98 Å². The molecule has 2 N–H and O–H groups in total. The van der Waals surface area contributed by atoms with Crippen molar-refractivity contribution in [3.8, 4) is 6.07 Å². The molecule has 0 aliphatic carbocycles. The highest BCUT2D eigenvalue weighted by atomic mass is 32.1. The van der Waals surface area contributed by atoms with Crippen molar-refractivity contribution < 1.29 is 14.6 Å². The molecule has 0 bridgehead atoms. The molecule has 0 amide bonds. The fourth-order valence-corrected chi connectivity index (χ4v) is 4.07. The molecule has 0 unspecified atom stereocenters. The summed E-state index contributed by atoms with van der Waals surface area (Å²) in [5, 5.41) is 28.4. The summed E-state index contributed by atoms with van der Waals surface area (Å²) in [5.41, 5.74) is 2.21. The number of benzene rings is 2. The Bertz CT molecular complexity index is 1160. The van der Waals surface area contributed by atoms with E-state index in [0.29, 0.717) is 21.8 Å². The second-order valence-electron chi connectivity index (χ2n) is 6.47. The van der Waals surface area contributed by atoms with E-state index in [1.54, 1.807) is 29.2 Å². The molecule has 1 atom stereocenters. The lowest BCUT2D eigenvalue weighted by Gasteiger charge is -2.18. The number of nitriles is 1. The number of fused-ring (bicyclic) bond motifs is 1. The van der Waals surface area contributed by atoms with Crippen molar-refractivity contribution >= 4 is 44.6 Å². The number of aliphatic hydroxyl groups is 1. The molecular weight excluding hydrogens is 388 g/mol. The SMILES string of the molecule is C[C@@H](C#N)OC(=O)c1ccc(N2CC(O)=C(c3nc4ccccc4s3)C2=N)cc1. The fraction of sp³-hybridized carbons (Fsp3) is 0.143. The summed E-state index contributed by atoms with van der Waals surface area (Å²) in [4.78, 5) is 18.2. The zero-order valence-electron chi connectivity index (χ0n) is 15.4. The third-order valence-electron chi connectivity index (χ3n) is 4.49. The lowest BCUT2D eigenvalue weighted by atomic mass is 10.2. The highest BCUT2D eigenvalue weighted by molar-refractivity contribution is 7.19. The van der Waals surface area contributed by atoms with Gasteiger partial charge >= 0.3 is 5.97 Å². The van der Waals surface area contributed by atoms with E-state index in [9.17, 15) is 9.90 Å². The molecule has 2 aromatic carbocycles. The van der Waals surface area contributed by atoms with E-state index in [4.69, 9.17) is 15.4 Å². The summed E-state index contributed by atoms with van der Waals surface area (Å²) in [6, 6.07) is 16.0. The largest absolute Gasteiger partial charge is 0.510 e. The van der Waals surface area contributed by atoms with Gasteiger partial charge in [0.15, 0.2) is 6.10 Å². The van der Waals surface area contributed by atoms with Crippen LogP contribution in [-0.2, 0) is 4.74 Å². The molecule has 1 aromatic heterocycles. The van der Waals surface area contributed by atoms with Crippen molar-refractivity contribution in [1.82, 2.24) is 4.98 Å². The topological polar surface area (TPSA) is 110 Å². The molecular formula is C21H16N4O3S. The van der Waals surface area contributed by atoms with E-state index in [1.165, 1.54) is 18.3 Å². The third-order valence-corrected chi connectivity index (χ3v) is 5.55. The van der Waals surface area contributed by atoms with Gasteiger partial charge in [-0.1, -0.05) is 12.1 Å². The lowest BCUT2D eigenvalue weighted by Crippen LogP contribution is -2.26. The summed E-state index contributed by atoms with van der Waals surface area (Å²) >= 11 is 1.43. The normalized spacial score (nSPS) is 14.9. The van der Waals surface area contributed by atoms with Crippen LogP contribution in [0, 0.1) is 16.7 Å². The number of aliphatic hydroxyl groups excluding tert-OH is 1. The molecule has 144 valence electrons. The Morgan fingerprint density at radius 2 is 2.03 bits per heavy atom. The van der Waals surface area contributed by atoms with Crippen molar-refractivity contribution in [1.29, 1.82) is 10.7 Å². The van der Waals surface area contributed by atoms with Gasteiger partial charge in [0.25, 0.3) is 0 Å². The molecule has 8 heteroatoms. The first kappa shape index (κ1) is 18.7. The maximum Gasteiger partial charge on any atom is 0.339 e. The summed E-state index contributed by atoms with van der Waals surface area (Å²) < 4.78 is 5.97. The first-order valence-corrected chi connectivity index (χ1v) is 9.64. The summed E-state index contributed by atoms with van der Waals surface area (Å²) in [5.74, 6) is -0.353. The van der Waals surface area contributed by atoms with Gasteiger partial charge in [-0.15, -0.1) is 11.3 Å². The molecule has 0 saturated carbocycles. The van der Waals surface area contributed by atoms with Crippen LogP contribution in [0.3, 0.4) is 0 Å². The molecule has 29 heavy (non-hydrogen) atoms. The highest BCUT2D eigenvalue weighted by Crippen LogP contribution is 2.35. The maximum absolute atomic E-state index is 12.0. The average molecular weight is 404 g/mol. The number of carbonyl (C=O) groups is 1. The Balaban J connectivity index is 1.56. The zero-order chi connectivity index (χ0) is 20.5. The number of esters is 1. The van der Waals surface area contributed by atoms with E-state index >= 15 is 0 Å². The molecule has 4 rings (SSSR count). The molecule has 3 aromatic rings. The second kappa shape index (κ2) is 7.37. The Morgan fingerprint density at radius 1 is 1.31 bits per heavy atom. The maximum atomic E-state index is 12.0. The fourth-order valence-electron chi connectivity index (χ4n) is 3.04. The average Bonchev–Trinajstić information content (AvgIpc) is 3.27. The van der Waals surface area contributed by atoms with E-state index < -0.39 is 12.1 Å². The van der Waals surface area contributed by atoms with Crippen LogP contribution in [0.4, 0.5) is 5.69 Å². The molecule has 0 saturated heterocycles. The van der Waals surface area contributed by atoms with Crippen LogP contribution in [0.2, 0.25) is 0 Å². The molecule has 1 aliphatic heterocycles. The summed E-state index contributed by atoms with van der Waals surface area (Å²) in [6.45, 7) is 1.65. The Kier molecular flexibility index (Phi) is 4.74. The van der Waals surface area contributed by atoms with E-state index in [-0.39, 0.29) is 18.1 Å². The minimum absolute atomic E-state index is 0.0837. The number of hydrogen-bond donors (Lipinski definition) is 2.